The molecule has 3 aromatic rings. The molecule has 4 heteroatoms. The van der Waals surface area contributed by atoms with E-state index in [4.69, 9.17) is 16.0 Å². The van der Waals surface area contributed by atoms with Crippen LogP contribution < -0.4 is 5.32 Å². The first kappa shape index (κ1) is 13.5. The van der Waals surface area contributed by atoms with Crippen LogP contribution in [0.25, 0.3) is 11.3 Å². The summed E-state index contributed by atoms with van der Waals surface area (Å²) in [7, 11) is 0. The maximum Gasteiger partial charge on any atom is 0.255 e. The second-order valence-corrected chi connectivity index (χ2v) is 4.96. The van der Waals surface area contributed by atoms with Gasteiger partial charge in [-0.15, -0.1) is 0 Å². The van der Waals surface area contributed by atoms with Gasteiger partial charge < -0.3 is 9.73 Å². The summed E-state index contributed by atoms with van der Waals surface area (Å²) in [5.41, 5.74) is 2.20. The highest BCUT2D eigenvalue weighted by molar-refractivity contribution is 6.31. The molecule has 1 N–H and O–H groups in total. The zero-order valence-electron chi connectivity index (χ0n) is 11.0. The maximum absolute atomic E-state index is 12.1. The maximum atomic E-state index is 12.1. The number of halogens is 1. The molecule has 0 bridgehead atoms. The van der Waals surface area contributed by atoms with Gasteiger partial charge in [0.05, 0.1) is 6.26 Å². The van der Waals surface area contributed by atoms with E-state index >= 15 is 0 Å². The summed E-state index contributed by atoms with van der Waals surface area (Å²) < 4.78 is 5.32. The Balaban J connectivity index is 1.75. The van der Waals surface area contributed by atoms with Crippen LogP contribution in [0.4, 0.5) is 5.69 Å². The lowest BCUT2D eigenvalue weighted by molar-refractivity contribution is 0.102. The van der Waals surface area contributed by atoms with Gasteiger partial charge in [-0.3, -0.25) is 4.79 Å². The topological polar surface area (TPSA) is 42.2 Å². The Morgan fingerprint density at radius 2 is 1.81 bits per heavy atom. The molecule has 0 aliphatic heterocycles. The summed E-state index contributed by atoms with van der Waals surface area (Å²) in [6.07, 6.45) is 1.63. The molecule has 0 saturated carbocycles. The second-order valence-electron chi connectivity index (χ2n) is 4.52. The van der Waals surface area contributed by atoms with E-state index in [0.717, 1.165) is 17.0 Å². The molecule has 0 fully saturated rings. The summed E-state index contributed by atoms with van der Waals surface area (Å²) in [5.74, 6) is 0.603. The average Bonchev–Trinajstić information content (AvgIpc) is 3.02. The normalized spacial score (nSPS) is 10.3. The molecule has 0 radical (unpaired) electrons. The molecule has 0 aliphatic carbocycles. The van der Waals surface area contributed by atoms with Crippen LogP contribution in [0.2, 0.25) is 5.02 Å². The van der Waals surface area contributed by atoms with Crippen LogP contribution in [0.1, 0.15) is 10.4 Å². The largest absolute Gasteiger partial charge is 0.464 e. The molecular formula is C17H12ClNO2. The summed E-state index contributed by atoms with van der Waals surface area (Å²) >= 11 is 5.88. The van der Waals surface area contributed by atoms with Crippen molar-refractivity contribution in [2.75, 3.05) is 5.32 Å². The lowest BCUT2D eigenvalue weighted by Gasteiger charge is -2.06. The molecule has 1 heterocycles. The molecule has 0 atom stereocenters. The van der Waals surface area contributed by atoms with Crippen molar-refractivity contribution >= 4 is 23.2 Å². The molecule has 0 unspecified atom stereocenters. The van der Waals surface area contributed by atoms with Crippen LogP contribution in [0.15, 0.2) is 71.3 Å². The standard InChI is InChI=1S/C17H12ClNO2/c18-14-4-1-3-13(11-14)17(20)19-15-8-6-12(7-9-15)16-5-2-10-21-16/h1-11H,(H,19,20). The van der Waals surface area contributed by atoms with Gasteiger partial charge in [-0.1, -0.05) is 17.7 Å². The fourth-order valence-corrected chi connectivity index (χ4v) is 2.18. The second kappa shape index (κ2) is 5.85. The molecule has 0 aliphatic rings. The summed E-state index contributed by atoms with van der Waals surface area (Å²) in [6, 6.07) is 18.0. The summed E-state index contributed by atoms with van der Waals surface area (Å²) in [6.45, 7) is 0. The van der Waals surface area contributed by atoms with Crippen molar-refractivity contribution in [2.45, 2.75) is 0 Å². The molecular weight excluding hydrogens is 286 g/mol. The number of rotatable bonds is 3. The van der Waals surface area contributed by atoms with Crippen molar-refractivity contribution in [3.8, 4) is 11.3 Å². The molecule has 3 nitrogen and oxygen atoms in total. The van der Waals surface area contributed by atoms with Crippen LogP contribution in [0.5, 0.6) is 0 Å². The van der Waals surface area contributed by atoms with Gasteiger partial charge in [-0.05, 0) is 54.6 Å². The van der Waals surface area contributed by atoms with Crippen molar-refractivity contribution in [2.24, 2.45) is 0 Å². The molecule has 0 saturated heterocycles. The molecule has 2 aromatic carbocycles. The number of carbonyl (C=O) groups excluding carboxylic acids is 1. The van der Waals surface area contributed by atoms with Crippen molar-refractivity contribution in [3.63, 3.8) is 0 Å². The van der Waals surface area contributed by atoms with Crippen molar-refractivity contribution < 1.29 is 9.21 Å². The number of carbonyl (C=O) groups is 1. The van der Waals surface area contributed by atoms with E-state index in [1.165, 1.54) is 0 Å². The van der Waals surface area contributed by atoms with Crippen LogP contribution >= 0.6 is 11.6 Å². The van der Waals surface area contributed by atoms with E-state index in [1.54, 1.807) is 30.5 Å². The zero-order chi connectivity index (χ0) is 14.7. The smallest absolute Gasteiger partial charge is 0.255 e. The first-order valence-corrected chi connectivity index (χ1v) is 6.81. The van der Waals surface area contributed by atoms with Gasteiger partial charge in [0, 0.05) is 21.8 Å². The highest BCUT2D eigenvalue weighted by Crippen LogP contribution is 2.22. The van der Waals surface area contributed by atoms with Crippen molar-refractivity contribution in [3.05, 3.63) is 77.5 Å². The monoisotopic (exact) mass is 297 g/mol. The van der Waals surface area contributed by atoms with Gasteiger partial charge in [-0.2, -0.15) is 0 Å². The molecule has 1 aromatic heterocycles. The third-order valence-corrected chi connectivity index (χ3v) is 3.27. The van der Waals surface area contributed by atoms with Crippen molar-refractivity contribution in [1.82, 2.24) is 0 Å². The Labute approximate surface area is 127 Å². The number of benzene rings is 2. The number of anilines is 1. The predicted molar refractivity (Wildman–Crippen MR) is 83.5 cm³/mol. The molecule has 0 spiro atoms. The summed E-state index contributed by atoms with van der Waals surface area (Å²) in [5, 5.41) is 3.37. The lowest BCUT2D eigenvalue weighted by Crippen LogP contribution is -2.11. The Morgan fingerprint density at radius 1 is 1.00 bits per heavy atom. The molecule has 104 valence electrons. The fraction of sp³-hybridized carbons (Fsp3) is 0. The quantitative estimate of drug-likeness (QED) is 0.750. The van der Waals surface area contributed by atoms with E-state index in [2.05, 4.69) is 5.32 Å². The van der Waals surface area contributed by atoms with Gasteiger partial charge in [-0.25, -0.2) is 0 Å². The lowest BCUT2D eigenvalue weighted by atomic mass is 10.1. The van der Waals surface area contributed by atoms with Gasteiger partial charge in [0.25, 0.3) is 5.91 Å². The molecule has 21 heavy (non-hydrogen) atoms. The number of nitrogens with one attached hydrogen (secondary N) is 1. The third kappa shape index (κ3) is 3.15. The van der Waals surface area contributed by atoms with E-state index in [1.807, 2.05) is 36.4 Å². The van der Waals surface area contributed by atoms with Crippen LogP contribution in [0, 0.1) is 0 Å². The molecule has 3 rings (SSSR count). The van der Waals surface area contributed by atoms with Crippen molar-refractivity contribution in [1.29, 1.82) is 0 Å². The van der Waals surface area contributed by atoms with Gasteiger partial charge in [0.15, 0.2) is 0 Å². The first-order chi connectivity index (χ1) is 10.2. The minimum absolute atomic E-state index is 0.191. The predicted octanol–water partition coefficient (Wildman–Crippen LogP) is 4.85. The van der Waals surface area contributed by atoms with E-state index in [-0.39, 0.29) is 5.91 Å². The van der Waals surface area contributed by atoms with E-state index in [0.29, 0.717) is 10.6 Å². The Kier molecular flexibility index (Phi) is 3.75. The fourth-order valence-electron chi connectivity index (χ4n) is 1.99. The van der Waals surface area contributed by atoms with Gasteiger partial charge >= 0.3 is 0 Å². The minimum atomic E-state index is -0.191. The van der Waals surface area contributed by atoms with E-state index in [9.17, 15) is 4.79 Å². The number of furan rings is 1. The number of hydrogen-bond donors (Lipinski definition) is 1. The SMILES string of the molecule is O=C(Nc1ccc(-c2ccco2)cc1)c1cccc(Cl)c1. The third-order valence-electron chi connectivity index (χ3n) is 3.04. The highest BCUT2D eigenvalue weighted by atomic mass is 35.5. The number of amides is 1. The zero-order valence-corrected chi connectivity index (χ0v) is 11.8. The average molecular weight is 298 g/mol. The van der Waals surface area contributed by atoms with Gasteiger partial charge in [0.2, 0.25) is 0 Å². The van der Waals surface area contributed by atoms with E-state index < -0.39 is 0 Å². The Bertz CT molecular complexity index is 749. The number of hydrogen-bond acceptors (Lipinski definition) is 2. The van der Waals surface area contributed by atoms with Crippen LogP contribution in [-0.4, -0.2) is 5.91 Å². The Morgan fingerprint density at radius 3 is 2.48 bits per heavy atom. The first-order valence-electron chi connectivity index (χ1n) is 6.43. The Hall–Kier alpha value is -2.52. The van der Waals surface area contributed by atoms with Gasteiger partial charge in [0.1, 0.15) is 5.76 Å². The highest BCUT2D eigenvalue weighted by Gasteiger charge is 2.07. The summed E-state index contributed by atoms with van der Waals surface area (Å²) in [4.78, 5) is 12.1. The molecule has 1 amide bonds. The van der Waals surface area contributed by atoms with Crippen LogP contribution in [0.3, 0.4) is 0 Å². The van der Waals surface area contributed by atoms with Crippen LogP contribution in [-0.2, 0) is 0 Å². The minimum Gasteiger partial charge on any atom is -0.464 e.